The first-order valence-electron chi connectivity index (χ1n) is 6.45. The summed E-state index contributed by atoms with van der Waals surface area (Å²) in [5, 5.41) is 8.16. The predicted molar refractivity (Wildman–Crippen MR) is 72.1 cm³/mol. The highest BCUT2D eigenvalue weighted by atomic mass is 32.1. The topological polar surface area (TPSA) is 12.0 Å². The molecule has 16 heavy (non-hydrogen) atoms. The minimum absolute atomic E-state index is 0.547. The van der Waals surface area contributed by atoms with Crippen molar-refractivity contribution in [2.24, 2.45) is 5.41 Å². The van der Waals surface area contributed by atoms with Gasteiger partial charge in [-0.1, -0.05) is 26.7 Å². The molecule has 0 aromatic carbocycles. The molecule has 1 fully saturated rings. The average molecular weight is 237 g/mol. The minimum Gasteiger partial charge on any atom is -0.314 e. The van der Waals surface area contributed by atoms with Crippen molar-refractivity contribution in [3.8, 4) is 0 Å². The van der Waals surface area contributed by atoms with E-state index in [9.17, 15) is 0 Å². The fraction of sp³-hybridized carbons (Fsp3) is 0.714. The third-order valence-corrected chi connectivity index (χ3v) is 4.44. The Bertz CT molecular complexity index is 297. The summed E-state index contributed by atoms with van der Waals surface area (Å²) in [4.78, 5) is 0. The third-order valence-electron chi connectivity index (χ3n) is 3.71. The van der Waals surface area contributed by atoms with Crippen LogP contribution in [-0.2, 0) is 6.42 Å². The monoisotopic (exact) mass is 237 g/mol. The van der Waals surface area contributed by atoms with E-state index < -0.39 is 0 Å². The van der Waals surface area contributed by atoms with Gasteiger partial charge in [-0.15, -0.1) is 0 Å². The molecule has 1 aliphatic rings. The highest BCUT2D eigenvalue weighted by Gasteiger charge is 2.33. The van der Waals surface area contributed by atoms with Crippen molar-refractivity contribution in [2.75, 3.05) is 6.54 Å². The molecule has 90 valence electrons. The van der Waals surface area contributed by atoms with E-state index in [-0.39, 0.29) is 0 Å². The molecule has 1 nitrogen and oxygen atoms in total. The smallest absolute Gasteiger partial charge is 0.00134 e. The van der Waals surface area contributed by atoms with Gasteiger partial charge in [-0.2, -0.15) is 11.3 Å². The molecule has 0 aliphatic heterocycles. The Morgan fingerprint density at radius 1 is 1.38 bits per heavy atom. The maximum absolute atomic E-state index is 3.64. The molecule has 1 aliphatic carbocycles. The van der Waals surface area contributed by atoms with Crippen LogP contribution in [0.5, 0.6) is 0 Å². The van der Waals surface area contributed by atoms with Gasteiger partial charge >= 0.3 is 0 Å². The Morgan fingerprint density at radius 3 is 2.69 bits per heavy atom. The Balaban J connectivity index is 1.98. The van der Waals surface area contributed by atoms with Crippen LogP contribution in [0.1, 0.15) is 45.1 Å². The molecule has 0 amide bonds. The van der Waals surface area contributed by atoms with E-state index in [1.807, 2.05) is 11.3 Å². The van der Waals surface area contributed by atoms with E-state index in [0.29, 0.717) is 11.5 Å². The van der Waals surface area contributed by atoms with Crippen molar-refractivity contribution < 1.29 is 0 Å². The first-order valence-corrected chi connectivity index (χ1v) is 7.39. The van der Waals surface area contributed by atoms with Crippen LogP contribution in [0.15, 0.2) is 16.8 Å². The number of rotatable bonds is 5. The molecule has 0 bridgehead atoms. The Hall–Kier alpha value is -0.340. The normalized spacial score (nSPS) is 19.4. The van der Waals surface area contributed by atoms with Gasteiger partial charge in [0.15, 0.2) is 0 Å². The second-order valence-corrected chi connectivity index (χ2v) is 6.33. The van der Waals surface area contributed by atoms with Crippen LogP contribution in [0.4, 0.5) is 0 Å². The number of hydrogen-bond donors (Lipinski definition) is 1. The summed E-state index contributed by atoms with van der Waals surface area (Å²) >= 11 is 1.83. The van der Waals surface area contributed by atoms with Crippen LogP contribution in [0.2, 0.25) is 0 Å². The van der Waals surface area contributed by atoms with E-state index in [0.717, 1.165) is 0 Å². The van der Waals surface area contributed by atoms with Gasteiger partial charge in [-0.25, -0.2) is 0 Å². The lowest BCUT2D eigenvalue weighted by atomic mass is 9.80. The SMILES string of the molecule is CC(C)NCC1(Cc2ccsc2)CCCC1. The van der Waals surface area contributed by atoms with Crippen LogP contribution < -0.4 is 5.32 Å². The van der Waals surface area contributed by atoms with Crippen LogP contribution >= 0.6 is 11.3 Å². The summed E-state index contributed by atoms with van der Waals surface area (Å²) in [7, 11) is 0. The van der Waals surface area contributed by atoms with Crippen molar-refractivity contribution in [2.45, 2.75) is 52.0 Å². The number of hydrogen-bond acceptors (Lipinski definition) is 2. The molecule has 0 saturated heterocycles. The molecule has 0 spiro atoms. The molecule has 1 heterocycles. The van der Waals surface area contributed by atoms with E-state index >= 15 is 0 Å². The van der Waals surface area contributed by atoms with Gasteiger partial charge < -0.3 is 5.32 Å². The molecule has 0 atom stereocenters. The number of thiophene rings is 1. The van der Waals surface area contributed by atoms with E-state index in [1.165, 1.54) is 44.2 Å². The lowest BCUT2D eigenvalue weighted by Gasteiger charge is -2.30. The first kappa shape index (κ1) is 12.1. The van der Waals surface area contributed by atoms with Crippen LogP contribution in [0.3, 0.4) is 0 Å². The molecular weight excluding hydrogens is 214 g/mol. The van der Waals surface area contributed by atoms with Crippen LogP contribution in [0.25, 0.3) is 0 Å². The summed E-state index contributed by atoms with van der Waals surface area (Å²) in [6, 6.07) is 2.90. The largest absolute Gasteiger partial charge is 0.314 e. The molecule has 1 N–H and O–H groups in total. The van der Waals surface area contributed by atoms with E-state index in [4.69, 9.17) is 0 Å². The molecule has 0 radical (unpaired) electrons. The fourth-order valence-corrected chi connectivity index (χ4v) is 3.46. The zero-order valence-corrected chi connectivity index (χ0v) is 11.3. The first-order chi connectivity index (χ1) is 7.70. The van der Waals surface area contributed by atoms with Gasteiger partial charge in [0.05, 0.1) is 0 Å². The summed E-state index contributed by atoms with van der Waals surface area (Å²) < 4.78 is 0. The zero-order valence-electron chi connectivity index (χ0n) is 10.5. The van der Waals surface area contributed by atoms with E-state index in [2.05, 4.69) is 36.0 Å². The van der Waals surface area contributed by atoms with Gasteiger partial charge in [0, 0.05) is 12.6 Å². The lowest BCUT2D eigenvalue weighted by Crippen LogP contribution is -2.37. The molecule has 0 unspecified atom stereocenters. The van der Waals surface area contributed by atoms with Crippen molar-refractivity contribution >= 4 is 11.3 Å². The van der Waals surface area contributed by atoms with E-state index in [1.54, 1.807) is 0 Å². The molecule has 1 aromatic heterocycles. The maximum Gasteiger partial charge on any atom is 0.00134 e. The summed E-state index contributed by atoms with van der Waals surface area (Å²) in [6.45, 7) is 5.68. The molecular formula is C14H23NS. The van der Waals surface area contributed by atoms with Crippen molar-refractivity contribution in [1.29, 1.82) is 0 Å². The lowest BCUT2D eigenvalue weighted by molar-refractivity contribution is 0.269. The molecule has 1 saturated carbocycles. The number of nitrogens with one attached hydrogen (secondary N) is 1. The maximum atomic E-state index is 3.64. The Kier molecular flexibility index (Phi) is 4.04. The second-order valence-electron chi connectivity index (χ2n) is 5.55. The standard InChI is InChI=1S/C14H23NS/c1-12(2)15-11-14(6-3-4-7-14)9-13-5-8-16-10-13/h5,8,10,12,15H,3-4,6-7,9,11H2,1-2H3. The van der Waals surface area contributed by atoms with Gasteiger partial charge in [-0.3, -0.25) is 0 Å². The van der Waals surface area contributed by atoms with Gasteiger partial charge in [0.1, 0.15) is 0 Å². The molecule has 2 heteroatoms. The Morgan fingerprint density at radius 2 is 2.12 bits per heavy atom. The van der Waals surface area contributed by atoms with Gasteiger partial charge in [0.25, 0.3) is 0 Å². The van der Waals surface area contributed by atoms with Gasteiger partial charge in [0.2, 0.25) is 0 Å². The second kappa shape index (κ2) is 5.33. The van der Waals surface area contributed by atoms with Gasteiger partial charge in [-0.05, 0) is 47.1 Å². The zero-order chi connectivity index (χ0) is 11.4. The predicted octanol–water partition coefficient (Wildman–Crippen LogP) is 3.85. The third kappa shape index (κ3) is 3.08. The highest BCUT2D eigenvalue weighted by molar-refractivity contribution is 7.07. The molecule has 2 rings (SSSR count). The molecule has 1 aromatic rings. The van der Waals surface area contributed by atoms with Crippen molar-refractivity contribution in [3.05, 3.63) is 22.4 Å². The Labute approximate surface area is 103 Å². The average Bonchev–Trinajstić information content (AvgIpc) is 2.88. The summed E-state index contributed by atoms with van der Waals surface area (Å²) in [5.41, 5.74) is 2.09. The van der Waals surface area contributed by atoms with Crippen LogP contribution in [0, 0.1) is 5.41 Å². The summed E-state index contributed by atoms with van der Waals surface area (Å²) in [5.74, 6) is 0. The van der Waals surface area contributed by atoms with Crippen molar-refractivity contribution in [1.82, 2.24) is 5.32 Å². The minimum atomic E-state index is 0.547. The highest BCUT2D eigenvalue weighted by Crippen LogP contribution is 2.40. The van der Waals surface area contributed by atoms with Crippen molar-refractivity contribution in [3.63, 3.8) is 0 Å². The van der Waals surface area contributed by atoms with Crippen LogP contribution in [-0.4, -0.2) is 12.6 Å². The summed E-state index contributed by atoms with van der Waals surface area (Å²) in [6.07, 6.45) is 6.93. The quantitative estimate of drug-likeness (QED) is 0.820. The fourth-order valence-electron chi connectivity index (χ4n) is 2.79.